The van der Waals surface area contributed by atoms with Gasteiger partial charge in [0.15, 0.2) is 9.92 Å². The number of benzene rings is 1. The summed E-state index contributed by atoms with van der Waals surface area (Å²) in [7, 11) is -3.49. The van der Waals surface area contributed by atoms with Crippen LogP contribution in [0.3, 0.4) is 0 Å². The van der Waals surface area contributed by atoms with Crippen molar-refractivity contribution < 1.29 is 13.7 Å². The van der Waals surface area contributed by atoms with E-state index in [9.17, 15) is 9.00 Å². The topological polar surface area (TPSA) is 112 Å². The Morgan fingerprint density at radius 1 is 1.40 bits per heavy atom. The molecule has 1 aliphatic heterocycles. The molecule has 0 radical (unpaired) electrons. The van der Waals surface area contributed by atoms with Gasteiger partial charge < -0.3 is 10.1 Å². The molecule has 0 saturated heterocycles. The average molecular weight is 430 g/mol. The maximum atomic E-state index is 13.2. The number of hydrogen-bond donors (Lipinski definition) is 2. The van der Waals surface area contributed by atoms with E-state index in [4.69, 9.17) is 9.88 Å². The second-order valence-electron chi connectivity index (χ2n) is 9.44. The number of amides is 2. The molecule has 2 aromatic rings. The molecule has 8 nitrogen and oxygen atoms in total. The van der Waals surface area contributed by atoms with Crippen molar-refractivity contribution in [1.82, 2.24) is 9.78 Å². The number of ether oxygens (including phenoxy) is 1. The Labute approximate surface area is 176 Å². The zero-order valence-corrected chi connectivity index (χ0v) is 18.3. The number of carbonyl (C=O) groups is 1. The number of nitrogens with two attached hydrogens (primary N) is 1. The number of urea groups is 1. The Balaban J connectivity index is 1.47. The molecule has 0 saturated carbocycles. The fourth-order valence-corrected chi connectivity index (χ4v) is 5.83. The van der Waals surface area contributed by atoms with E-state index in [1.54, 1.807) is 4.68 Å². The van der Waals surface area contributed by atoms with Gasteiger partial charge in [0.05, 0.1) is 19.3 Å². The first kappa shape index (κ1) is 19.6. The summed E-state index contributed by atoms with van der Waals surface area (Å²) >= 11 is 0. The van der Waals surface area contributed by atoms with E-state index in [2.05, 4.69) is 41.6 Å². The lowest BCUT2D eigenvalue weighted by atomic mass is 9.75. The lowest BCUT2D eigenvalue weighted by molar-refractivity contribution is 0.0972. The van der Waals surface area contributed by atoms with Crippen molar-refractivity contribution >= 4 is 21.6 Å². The van der Waals surface area contributed by atoms with E-state index in [1.165, 1.54) is 28.5 Å². The van der Waals surface area contributed by atoms with Crippen molar-refractivity contribution in [2.45, 2.75) is 63.8 Å². The number of nitrogens with zero attached hydrogens (tertiary/aromatic N) is 3. The van der Waals surface area contributed by atoms with Crippen LogP contribution < -0.4 is 15.2 Å². The van der Waals surface area contributed by atoms with Gasteiger partial charge in [0.2, 0.25) is 5.88 Å². The highest BCUT2D eigenvalue weighted by atomic mass is 32.2. The molecule has 30 heavy (non-hydrogen) atoms. The van der Waals surface area contributed by atoms with Gasteiger partial charge in [-0.2, -0.15) is 5.10 Å². The Bertz CT molecular complexity index is 1190. The maximum absolute atomic E-state index is 13.2. The highest BCUT2D eigenvalue weighted by molar-refractivity contribution is 7.91. The van der Waals surface area contributed by atoms with Gasteiger partial charge in [-0.3, -0.25) is 0 Å². The van der Waals surface area contributed by atoms with Crippen LogP contribution in [0.4, 0.5) is 10.5 Å². The number of anilines is 1. The minimum absolute atomic E-state index is 0.0907. The Kier molecular flexibility index (Phi) is 4.27. The third kappa shape index (κ3) is 3.11. The smallest absolute Gasteiger partial charge is 0.354 e. The summed E-state index contributed by atoms with van der Waals surface area (Å²) < 4.78 is 24.4. The minimum Gasteiger partial charge on any atom is -0.476 e. The van der Waals surface area contributed by atoms with Gasteiger partial charge in [-0.15, -0.1) is 4.36 Å². The summed E-state index contributed by atoms with van der Waals surface area (Å²) in [5.41, 5.74) is 5.70. The van der Waals surface area contributed by atoms with E-state index >= 15 is 0 Å². The summed E-state index contributed by atoms with van der Waals surface area (Å²) in [5.74, 6) is 0.722. The summed E-state index contributed by atoms with van der Waals surface area (Å²) in [6.07, 6.45) is 5.46. The second kappa shape index (κ2) is 6.55. The quantitative estimate of drug-likeness (QED) is 0.762. The first-order chi connectivity index (χ1) is 14.1. The number of fused-ring (bicyclic) bond motifs is 3. The second-order valence-corrected chi connectivity index (χ2v) is 11.2. The molecule has 0 bridgehead atoms. The predicted molar refractivity (Wildman–Crippen MR) is 114 cm³/mol. The normalized spacial score (nSPS) is 22.6. The Morgan fingerprint density at radius 3 is 2.97 bits per heavy atom. The molecule has 3 aliphatic rings. The third-order valence-corrected chi connectivity index (χ3v) is 7.59. The molecule has 0 fully saturated rings. The Morgan fingerprint density at radius 2 is 2.20 bits per heavy atom. The standard InChI is InChI=1S/C21H27N5O3S/c1-12-7-14-8-13-5-4-6-15(13)18(17(12)14)24-20(27)25-30(22,28)16-9-23-26-10-21(2,3)11-29-19(16)26/h8-9,12H,4-7,10-11H2,1-3H3,(H3,22,24,25,27,28)/t12-,30+/m1/s1. The zero-order chi connectivity index (χ0) is 21.3. The van der Waals surface area contributed by atoms with Gasteiger partial charge in [0, 0.05) is 11.1 Å². The fraction of sp³-hybridized carbons (Fsp3) is 0.524. The van der Waals surface area contributed by atoms with Crippen LogP contribution >= 0.6 is 0 Å². The molecule has 2 amide bonds. The molecule has 1 aromatic heterocycles. The van der Waals surface area contributed by atoms with E-state index < -0.39 is 15.9 Å². The number of nitrogens with one attached hydrogen (secondary N) is 1. The monoisotopic (exact) mass is 429 g/mol. The van der Waals surface area contributed by atoms with Crippen LogP contribution in [0.25, 0.3) is 0 Å². The molecule has 2 atom stereocenters. The van der Waals surface area contributed by atoms with Crippen molar-refractivity contribution in [1.29, 1.82) is 0 Å². The van der Waals surface area contributed by atoms with Crippen LogP contribution in [0.5, 0.6) is 5.88 Å². The van der Waals surface area contributed by atoms with E-state index in [-0.39, 0.29) is 10.3 Å². The summed E-state index contributed by atoms with van der Waals surface area (Å²) in [5, 5.41) is 13.2. The predicted octanol–water partition coefficient (Wildman–Crippen LogP) is 3.38. The summed E-state index contributed by atoms with van der Waals surface area (Å²) in [6.45, 7) is 7.34. The molecule has 5 rings (SSSR count). The number of rotatable bonds is 2. The molecule has 160 valence electrons. The molecule has 9 heteroatoms. The molecule has 1 aromatic carbocycles. The van der Waals surface area contributed by atoms with E-state index in [0.29, 0.717) is 24.9 Å². The van der Waals surface area contributed by atoms with Crippen LogP contribution in [-0.4, -0.2) is 26.6 Å². The number of aromatic nitrogens is 2. The van der Waals surface area contributed by atoms with Crippen molar-refractivity contribution in [2.24, 2.45) is 14.9 Å². The molecule has 0 spiro atoms. The van der Waals surface area contributed by atoms with Gasteiger partial charge in [-0.05, 0) is 53.9 Å². The Hall–Kier alpha value is -2.39. The molecule has 3 N–H and O–H groups in total. The maximum Gasteiger partial charge on any atom is 0.354 e. The number of hydrogen-bond acceptors (Lipinski definition) is 4. The lowest BCUT2D eigenvalue weighted by Crippen LogP contribution is -2.33. The van der Waals surface area contributed by atoms with Gasteiger partial charge in [-0.1, -0.05) is 26.8 Å². The van der Waals surface area contributed by atoms with E-state index in [0.717, 1.165) is 31.4 Å². The molecule has 2 heterocycles. The van der Waals surface area contributed by atoms with Crippen molar-refractivity contribution in [3.63, 3.8) is 0 Å². The first-order valence-electron chi connectivity index (χ1n) is 10.4. The first-order valence-corrected chi connectivity index (χ1v) is 11.9. The summed E-state index contributed by atoms with van der Waals surface area (Å²) in [6, 6.07) is 1.58. The van der Waals surface area contributed by atoms with Crippen LogP contribution in [0, 0.1) is 5.41 Å². The van der Waals surface area contributed by atoms with Gasteiger partial charge in [0.1, 0.15) is 4.90 Å². The largest absolute Gasteiger partial charge is 0.476 e. The third-order valence-electron chi connectivity index (χ3n) is 6.25. The van der Waals surface area contributed by atoms with Crippen molar-refractivity contribution in [3.05, 3.63) is 34.5 Å². The van der Waals surface area contributed by atoms with Gasteiger partial charge >= 0.3 is 6.03 Å². The van der Waals surface area contributed by atoms with Gasteiger partial charge in [-0.25, -0.2) is 18.8 Å². The van der Waals surface area contributed by atoms with Gasteiger partial charge in [0.25, 0.3) is 0 Å². The highest BCUT2D eigenvalue weighted by Gasteiger charge is 2.33. The molecule has 2 aliphatic carbocycles. The SMILES string of the molecule is C[C@@H]1Cc2cc3c(c(NC(=O)N=[S@](N)(=O)c4cnn5c4OCC(C)(C)C5)c21)CCC3. The van der Waals surface area contributed by atoms with Crippen LogP contribution in [0.1, 0.15) is 55.4 Å². The zero-order valence-electron chi connectivity index (χ0n) is 17.5. The number of carbonyl (C=O) groups excluding carboxylic acids is 1. The summed E-state index contributed by atoms with van der Waals surface area (Å²) in [4.78, 5) is 12.9. The molecule has 0 unspecified atom stereocenters. The van der Waals surface area contributed by atoms with Crippen molar-refractivity contribution in [3.8, 4) is 5.88 Å². The van der Waals surface area contributed by atoms with Crippen LogP contribution in [0.15, 0.2) is 21.5 Å². The van der Waals surface area contributed by atoms with Crippen molar-refractivity contribution in [2.75, 3.05) is 11.9 Å². The number of aryl methyl sites for hydroxylation is 1. The van der Waals surface area contributed by atoms with Crippen LogP contribution in [-0.2, 0) is 35.7 Å². The molecular weight excluding hydrogens is 402 g/mol. The highest BCUT2D eigenvalue weighted by Crippen LogP contribution is 2.45. The van der Waals surface area contributed by atoms with Crippen LogP contribution in [0.2, 0.25) is 0 Å². The fourth-order valence-electron chi connectivity index (χ4n) is 4.83. The lowest BCUT2D eigenvalue weighted by Gasteiger charge is -2.32. The minimum atomic E-state index is -3.49. The van der Waals surface area contributed by atoms with E-state index in [1.807, 2.05) is 0 Å². The molecular formula is C21H27N5O3S. The average Bonchev–Trinajstić information content (AvgIpc) is 3.25.